The molecule has 0 aromatic carbocycles. The molecule has 0 spiro atoms. The van der Waals surface area contributed by atoms with Crippen molar-refractivity contribution >= 4 is 6.09 Å². The van der Waals surface area contributed by atoms with E-state index in [0.717, 1.165) is 0 Å². The standard InChI is InChI=1S/C11H21NO5/c1-11(2,3)17-10(14)12-6-9(13)5-8(12)7-16-15-4/h8-9,13H,5-7H2,1-4H3. The number of rotatable bonds is 3. The molecule has 6 heteroatoms. The van der Waals surface area contributed by atoms with Crippen molar-refractivity contribution in [1.29, 1.82) is 0 Å². The molecule has 1 saturated heterocycles. The van der Waals surface area contributed by atoms with E-state index in [1.54, 1.807) is 20.8 Å². The van der Waals surface area contributed by atoms with Gasteiger partial charge in [0.2, 0.25) is 0 Å². The molecule has 1 rings (SSSR count). The van der Waals surface area contributed by atoms with Crippen molar-refractivity contribution < 1.29 is 24.4 Å². The second kappa shape index (κ2) is 5.66. The van der Waals surface area contributed by atoms with Crippen molar-refractivity contribution in [3.63, 3.8) is 0 Å². The van der Waals surface area contributed by atoms with Crippen LogP contribution in [0.2, 0.25) is 0 Å². The van der Waals surface area contributed by atoms with Crippen LogP contribution in [0.1, 0.15) is 27.2 Å². The molecule has 1 aliphatic rings. The SMILES string of the molecule is COOCC1CC(O)CN1C(=O)OC(C)(C)C. The number of hydrogen-bond donors (Lipinski definition) is 1. The smallest absolute Gasteiger partial charge is 0.410 e. The Balaban J connectivity index is 2.57. The Morgan fingerprint density at radius 1 is 1.47 bits per heavy atom. The average Bonchev–Trinajstić information content (AvgIpc) is 2.54. The van der Waals surface area contributed by atoms with Crippen molar-refractivity contribution in [3.05, 3.63) is 0 Å². The number of aliphatic hydroxyl groups excluding tert-OH is 1. The first-order chi connectivity index (χ1) is 7.83. The third-order valence-electron chi connectivity index (χ3n) is 2.40. The Kier molecular flexibility index (Phi) is 4.73. The van der Waals surface area contributed by atoms with E-state index in [1.165, 1.54) is 12.0 Å². The molecule has 0 saturated carbocycles. The predicted octanol–water partition coefficient (Wildman–Crippen LogP) is 0.935. The summed E-state index contributed by atoms with van der Waals surface area (Å²) in [4.78, 5) is 22.7. The summed E-state index contributed by atoms with van der Waals surface area (Å²) in [6.07, 6.45) is -0.491. The maximum Gasteiger partial charge on any atom is 0.410 e. The molecular formula is C11H21NO5. The number of amides is 1. The van der Waals surface area contributed by atoms with Gasteiger partial charge < -0.3 is 14.7 Å². The van der Waals surface area contributed by atoms with Gasteiger partial charge >= 0.3 is 6.09 Å². The van der Waals surface area contributed by atoms with Crippen LogP contribution in [0.3, 0.4) is 0 Å². The van der Waals surface area contributed by atoms with Crippen molar-refractivity contribution in [2.75, 3.05) is 20.3 Å². The Hall–Kier alpha value is -0.850. The van der Waals surface area contributed by atoms with E-state index in [2.05, 4.69) is 4.89 Å². The van der Waals surface area contributed by atoms with Gasteiger partial charge in [0.15, 0.2) is 0 Å². The number of nitrogens with zero attached hydrogens (tertiary/aromatic N) is 1. The molecule has 6 nitrogen and oxygen atoms in total. The average molecular weight is 247 g/mol. The van der Waals surface area contributed by atoms with E-state index in [4.69, 9.17) is 9.62 Å². The molecule has 1 amide bonds. The minimum Gasteiger partial charge on any atom is -0.444 e. The van der Waals surface area contributed by atoms with E-state index < -0.39 is 17.8 Å². The number of carbonyl (C=O) groups excluding carboxylic acids is 1. The minimum absolute atomic E-state index is 0.209. The van der Waals surface area contributed by atoms with Crippen LogP contribution in [0.5, 0.6) is 0 Å². The summed E-state index contributed by atoms with van der Waals surface area (Å²) >= 11 is 0. The van der Waals surface area contributed by atoms with Crippen LogP contribution < -0.4 is 0 Å². The first-order valence-corrected chi connectivity index (χ1v) is 5.67. The van der Waals surface area contributed by atoms with Gasteiger partial charge in [0.25, 0.3) is 0 Å². The molecule has 0 bridgehead atoms. The molecule has 0 radical (unpaired) electrons. The van der Waals surface area contributed by atoms with E-state index in [1.807, 2.05) is 0 Å². The second-order valence-electron chi connectivity index (χ2n) is 5.13. The Morgan fingerprint density at radius 2 is 2.12 bits per heavy atom. The number of aliphatic hydroxyl groups is 1. The number of hydrogen-bond acceptors (Lipinski definition) is 5. The van der Waals surface area contributed by atoms with Crippen LogP contribution in [0.25, 0.3) is 0 Å². The largest absolute Gasteiger partial charge is 0.444 e. The van der Waals surface area contributed by atoms with Gasteiger partial charge in [-0.05, 0) is 27.2 Å². The van der Waals surface area contributed by atoms with Crippen LogP contribution in [-0.4, -0.2) is 54.1 Å². The number of likely N-dealkylation sites (tertiary alicyclic amines) is 1. The first kappa shape index (κ1) is 14.2. The summed E-state index contributed by atoms with van der Waals surface area (Å²) in [5.41, 5.74) is -0.544. The molecule has 0 aromatic rings. The lowest BCUT2D eigenvalue weighted by Gasteiger charge is -2.27. The van der Waals surface area contributed by atoms with Gasteiger partial charge in [-0.1, -0.05) is 0 Å². The lowest BCUT2D eigenvalue weighted by atomic mass is 10.2. The van der Waals surface area contributed by atoms with E-state index >= 15 is 0 Å². The lowest BCUT2D eigenvalue weighted by molar-refractivity contribution is -0.278. The maximum atomic E-state index is 11.9. The molecule has 0 aromatic heterocycles. The zero-order valence-electron chi connectivity index (χ0n) is 10.8. The predicted molar refractivity (Wildman–Crippen MR) is 60.3 cm³/mol. The highest BCUT2D eigenvalue weighted by atomic mass is 17.2. The summed E-state index contributed by atoms with van der Waals surface area (Å²) < 4.78 is 5.26. The van der Waals surface area contributed by atoms with Crippen LogP contribution in [0, 0.1) is 0 Å². The molecule has 1 fully saturated rings. The summed E-state index contributed by atoms with van der Waals surface area (Å²) in [7, 11) is 1.41. The Labute approximate surface area is 101 Å². The summed E-state index contributed by atoms with van der Waals surface area (Å²) in [5, 5.41) is 9.57. The zero-order valence-corrected chi connectivity index (χ0v) is 10.8. The van der Waals surface area contributed by atoms with Crippen LogP contribution in [0.4, 0.5) is 4.79 Å². The lowest BCUT2D eigenvalue weighted by Crippen LogP contribution is -2.42. The van der Waals surface area contributed by atoms with Gasteiger partial charge in [-0.15, -0.1) is 0 Å². The van der Waals surface area contributed by atoms with Gasteiger partial charge in [0.1, 0.15) is 12.2 Å². The normalized spacial score (nSPS) is 25.1. The first-order valence-electron chi connectivity index (χ1n) is 5.67. The van der Waals surface area contributed by atoms with Gasteiger partial charge in [0.05, 0.1) is 25.8 Å². The summed E-state index contributed by atoms with van der Waals surface area (Å²) in [5.74, 6) is 0. The monoisotopic (exact) mass is 247 g/mol. The van der Waals surface area contributed by atoms with Gasteiger partial charge in [-0.2, -0.15) is 0 Å². The molecule has 2 atom stereocenters. The van der Waals surface area contributed by atoms with Crippen LogP contribution in [-0.2, 0) is 14.5 Å². The van der Waals surface area contributed by atoms with Gasteiger partial charge in [-0.25, -0.2) is 14.6 Å². The van der Waals surface area contributed by atoms with Crippen molar-refractivity contribution in [3.8, 4) is 0 Å². The minimum atomic E-state index is -0.544. The van der Waals surface area contributed by atoms with E-state index in [9.17, 15) is 9.90 Å². The fraction of sp³-hybridized carbons (Fsp3) is 0.909. The Bertz CT molecular complexity index is 263. The third kappa shape index (κ3) is 4.49. The molecule has 17 heavy (non-hydrogen) atoms. The van der Waals surface area contributed by atoms with Crippen LogP contribution in [0.15, 0.2) is 0 Å². The summed E-state index contributed by atoms with van der Waals surface area (Å²) in [6.45, 7) is 5.91. The fourth-order valence-corrected chi connectivity index (χ4v) is 1.74. The second-order valence-corrected chi connectivity index (χ2v) is 5.13. The molecule has 1 heterocycles. The quantitative estimate of drug-likeness (QED) is 0.593. The number of β-amino-alcohol motifs (C(OH)–C–C–N with tert-alkyl or cyclic N) is 1. The van der Waals surface area contributed by atoms with Crippen molar-refractivity contribution in [2.24, 2.45) is 0 Å². The highest BCUT2D eigenvalue weighted by Crippen LogP contribution is 2.21. The third-order valence-corrected chi connectivity index (χ3v) is 2.40. The topological polar surface area (TPSA) is 68.2 Å². The van der Waals surface area contributed by atoms with Crippen LogP contribution >= 0.6 is 0 Å². The van der Waals surface area contributed by atoms with Gasteiger partial charge in [-0.3, -0.25) is 0 Å². The molecule has 1 aliphatic heterocycles. The summed E-state index contributed by atoms with van der Waals surface area (Å²) in [6, 6.07) is -0.209. The highest BCUT2D eigenvalue weighted by Gasteiger charge is 2.37. The molecule has 2 unspecified atom stereocenters. The molecule has 100 valence electrons. The fourth-order valence-electron chi connectivity index (χ4n) is 1.74. The molecular weight excluding hydrogens is 226 g/mol. The highest BCUT2D eigenvalue weighted by molar-refractivity contribution is 5.69. The number of ether oxygens (including phenoxy) is 1. The molecule has 1 N–H and O–H groups in total. The molecule has 0 aliphatic carbocycles. The Morgan fingerprint density at radius 3 is 2.65 bits per heavy atom. The zero-order chi connectivity index (χ0) is 13.1. The van der Waals surface area contributed by atoms with Gasteiger partial charge in [0, 0.05) is 0 Å². The van der Waals surface area contributed by atoms with Crippen molar-refractivity contribution in [2.45, 2.75) is 44.9 Å². The maximum absolute atomic E-state index is 11.9. The van der Waals surface area contributed by atoms with Crippen molar-refractivity contribution in [1.82, 2.24) is 4.90 Å². The number of carbonyl (C=O) groups is 1. The van der Waals surface area contributed by atoms with E-state index in [-0.39, 0.29) is 19.2 Å². The van der Waals surface area contributed by atoms with E-state index in [0.29, 0.717) is 6.42 Å².